The van der Waals surface area contributed by atoms with Crippen LogP contribution in [0.3, 0.4) is 0 Å². The van der Waals surface area contributed by atoms with Crippen LogP contribution in [0.4, 0.5) is 0 Å². The van der Waals surface area contributed by atoms with Crippen LogP contribution in [0.1, 0.15) is 167 Å². The fourth-order valence-corrected chi connectivity index (χ4v) is 12.3. The Morgan fingerprint density at radius 2 is 0.819 bits per heavy atom. The molecule has 2 heterocycles. The van der Waals surface area contributed by atoms with Gasteiger partial charge in [0.15, 0.2) is 0 Å². The van der Waals surface area contributed by atoms with Gasteiger partial charge in [0.05, 0.1) is 44.5 Å². The second-order valence-electron chi connectivity index (χ2n) is 24.3. The number of thioether (sulfide) groups is 1. The summed E-state index contributed by atoms with van der Waals surface area (Å²) in [6, 6.07) is 0. The summed E-state index contributed by atoms with van der Waals surface area (Å²) in [6.07, 6.45) is 24.6. The Bertz CT molecular complexity index is 2200. The average molecular weight is 1370 g/mol. The number of thiol groups is 1. The SMILES string of the molecule is CNC(=O)C1CCC(CN2C(=O)C=C(SCCC(=O)CCCOCCOCCC(=O)CCCNCCCCCNCCN)C2=O)CC1.CNC(=O)C1CCC(CN2C(=O)C=CC2=O)CC1.NCCNCCCCCNCCCC(=O)CCOCCOCCCC(=O)CCS. The molecular weight excluding hydrogens is 1240 g/mol. The highest BCUT2D eigenvalue weighted by molar-refractivity contribution is 8.04. The van der Waals surface area contributed by atoms with Crippen molar-refractivity contribution < 1.29 is 66.9 Å². The van der Waals surface area contributed by atoms with Crippen LogP contribution >= 0.6 is 24.4 Å². The van der Waals surface area contributed by atoms with E-state index < -0.39 is 0 Å². The number of nitrogens with one attached hydrogen (secondary N) is 6. The number of imide groups is 2. The van der Waals surface area contributed by atoms with Crippen LogP contribution in [-0.4, -0.2) is 225 Å². The van der Waals surface area contributed by atoms with Gasteiger partial charge >= 0.3 is 0 Å². The first-order valence-electron chi connectivity index (χ1n) is 35.1. The molecule has 4 rings (SSSR count). The van der Waals surface area contributed by atoms with Crippen molar-refractivity contribution >= 4 is 83.0 Å². The summed E-state index contributed by atoms with van der Waals surface area (Å²) in [6.45, 7) is 13.5. The van der Waals surface area contributed by atoms with E-state index in [1.54, 1.807) is 14.1 Å². The lowest BCUT2D eigenvalue weighted by molar-refractivity contribution is -0.139. The van der Waals surface area contributed by atoms with Crippen LogP contribution in [0.15, 0.2) is 23.1 Å². The van der Waals surface area contributed by atoms with Gasteiger partial charge in [-0.3, -0.25) is 57.7 Å². The quantitative estimate of drug-likeness (QED) is 0.0229. The molecule has 2 fully saturated rings. The molecule has 4 aliphatic rings. The number of Topliss-reactive ketones (excluding diaryl/α,β-unsaturated/α-hetero) is 4. The number of ether oxygens (including phenoxy) is 4. The van der Waals surface area contributed by atoms with E-state index in [1.165, 1.54) is 65.5 Å². The molecule has 0 atom stereocenters. The number of carbonyl (C=O) groups excluding carboxylic acids is 10. The van der Waals surface area contributed by atoms with Gasteiger partial charge in [0.25, 0.3) is 23.6 Å². The predicted octanol–water partition coefficient (Wildman–Crippen LogP) is 4.55. The molecular formula is C68H120N10O14S2. The molecule has 2 aliphatic heterocycles. The van der Waals surface area contributed by atoms with Crippen molar-refractivity contribution in [2.45, 2.75) is 167 Å². The summed E-state index contributed by atoms with van der Waals surface area (Å²) in [7, 11) is 3.30. The summed E-state index contributed by atoms with van der Waals surface area (Å²) < 4.78 is 21.9. The van der Waals surface area contributed by atoms with Crippen molar-refractivity contribution in [2.24, 2.45) is 35.1 Å². The number of hydrogen-bond donors (Lipinski definition) is 9. The number of unbranched alkanes of at least 4 members (excludes halogenated alkanes) is 4. The van der Waals surface area contributed by atoms with Gasteiger partial charge in [-0.05, 0) is 160 Å². The Kier molecular flexibility index (Phi) is 52.7. The van der Waals surface area contributed by atoms with Gasteiger partial charge in [-0.1, -0.05) is 12.8 Å². The molecule has 0 bridgehead atoms. The molecule has 24 nitrogen and oxygen atoms in total. The molecule has 0 spiro atoms. The molecule has 0 aromatic heterocycles. The third kappa shape index (κ3) is 43.1. The highest BCUT2D eigenvalue weighted by atomic mass is 32.2. The standard InChI is InChI=1S/C34H59N5O7S.C21H43N3O4S.C13H18N2O3/c1-36-33(43)28-11-9-27(10-12-28)26-39-32(42)25-31(34(39)44)47-24-14-30(41)8-6-20-45-22-23-46-21-13-29(40)7-5-18-37-16-3-2-4-17-38-19-15-35;22-10-14-24-12-3-1-2-11-23-13-4-6-20(25)8-16-28-18-17-27-15-5-7-21(26)9-19-29;1-14-13(18)10-4-2-9(3-5-10)8-15-11(16)6-7-12(15)17/h25,27-28,37-38H,2-24,26,35H2,1H3,(H,36,43);23-24,29H,1-19,22H2;6-7,9-10H,2-5,8H2,1H3,(H,14,18). The smallest absolute Gasteiger partial charge is 0.267 e. The normalized spacial score (nSPS) is 17.8. The predicted molar refractivity (Wildman–Crippen MR) is 372 cm³/mol. The van der Waals surface area contributed by atoms with Crippen molar-refractivity contribution in [1.29, 1.82) is 0 Å². The Morgan fingerprint density at radius 3 is 1.23 bits per heavy atom. The van der Waals surface area contributed by atoms with Crippen LogP contribution in [0.5, 0.6) is 0 Å². The lowest BCUT2D eigenvalue weighted by Gasteiger charge is -2.29. The fraction of sp³-hybridized carbons (Fsp3) is 0.794. The molecule has 0 saturated heterocycles. The Hall–Kier alpha value is -4.32. The van der Waals surface area contributed by atoms with Gasteiger partial charge in [0.1, 0.15) is 23.1 Å². The molecule has 2 aliphatic carbocycles. The van der Waals surface area contributed by atoms with Crippen LogP contribution < -0.4 is 43.4 Å². The zero-order valence-corrected chi connectivity index (χ0v) is 58.8. The summed E-state index contributed by atoms with van der Waals surface area (Å²) >= 11 is 5.30. The first-order valence-corrected chi connectivity index (χ1v) is 36.7. The van der Waals surface area contributed by atoms with Crippen molar-refractivity contribution in [2.75, 3.05) is 157 Å². The number of carbonyl (C=O) groups is 10. The fourth-order valence-electron chi connectivity index (χ4n) is 11.0. The van der Waals surface area contributed by atoms with E-state index in [2.05, 4.69) is 44.5 Å². The van der Waals surface area contributed by atoms with Crippen LogP contribution in [-0.2, 0) is 66.9 Å². The number of rotatable bonds is 56. The first kappa shape index (κ1) is 85.8. The summed E-state index contributed by atoms with van der Waals surface area (Å²) in [5.74, 6) is 1.67. The van der Waals surface area contributed by atoms with E-state index in [4.69, 9.17) is 30.4 Å². The molecule has 94 heavy (non-hydrogen) atoms. The Balaban J connectivity index is 0.000000539. The van der Waals surface area contributed by atoms with Crippen molar-refractivity contribution in [3.8, 4) is 0 Å². The van der Waals surface area contributed by atoms with Gasteiger partial charge in [0, 0.05) is 154 Å². The number of nitrogens with zero attached hydrogens (tertiary/aromatic N) is 2. The van der Waals surface area contributed by atoms with Crippen LogP contribution in [0.25, 0.3) is 0 Å². The zero-order chi connectivity index (χ0) is 68.7. The summed E-state index contributed by atoms with van der Waals surface area (Å²) in [5, 5.41) is 18.7. The minimum Gasteiger partial charge on any atom is -0.379 e. The number of ketones is 4. The third-order valence-electron chi connectivity index (χ3n) is 16.7. The maximum absolute atomic E-state index is 12.8. The molecule has 0 aromatic rings. The van der Waals surface area contributed by atoms with E-state index in [-0.39, 0.29) is 76.3 Å². The highest BCUT2D eigenvalue weighted by Gasteiger charge is 2.35. The van der Waals surface area contributed by atoms with Crippen molar-refractivity contribution in [1.82, 2.24) is 41.7 Å². The number of hydrogen-bond acceptors (Lipinski definition) is 22. The molecule has 0 radical (unpaired) electrons. The van der Waals surface area contributed by atoms with Crippen LogP contribution in [0, 0.1) is 23.7 Å². The second-order valence-corrected chi connectivity index (χ2v) is 25.9. The third-order valence-corrected chi connectivity index (χ3v) is 17.9. The summed E-state index contributed by atoms with van der Waals surface area (Å²) in [5.41, 5.74) is 10.9. The van der Waals surface area contributed by atoms with Gasteiger partial charge in [-0.25, -0.2) is 0 Å². The number of amides is 6. The first-order chi connectivity index (χ1) is 45.7. The van der Waals surface area contributed by atoms with Crippen molar-refractivity contribution in [3.63, 3.8) is 0 Å². The molecule has 6 amide bonds. The van der Waals surface area contributed by atoms with Crippen molar-refractivity contribution in [3.05, 3.63) is 23.1 Å². The average Bonchev–Trinajstić information content (AvgIpc) is 1.73. The van der Waals surface area contributed by atoms with Crippen LogP contribution in [0.2, 0.25) is 0 Å². The Morgan fingerprint density at radius 1 is 0.447 bits per heavy atom. The second kappa shape index (κ2) is 57.7. The van der Waals surface area contributed by atoms with Gasteiger partial charge in [-0.2, -0.15) is 12.6 Å². The van der Waals surface area contributed by atoms with Gasteiger partial charge in [0.2, 0.25) is 11.8 Å². The molecule has 0 unspecified atom stereocenters. The molecule has 10 N–H and O–H groups in total. The minimum absolute atomic E-state index is 0.0146. The molecule has 0 aromatic carbocycles. The van der Waals surface area contributed by atoms with Gasteiger partial charge < -0.3 is 62.3 Å². The Labute approximate surface area is 571 Å². The molecule has 26 heteroatoms. The zero-order valence-electron chi connectivity index (χ0n) is 57.1. The van der Waals surface area contributed by atoms with E-state index in [0.717, 1.165) is 136 Å². The highest BCUT2D eigenvalue weighted by Crippen LogP contribution is 2.33. The van der Waals surface area contributed by atoms with E-state index in [1.807, 2.05) is 0 Å². The summed E-state index contributed by atoms with van der Waals surface area (Å²) in [4.78, 5) is 122. The lowest BCUT2D eigenvalue weighted by Crippen LogP contribution is -2.38. The topological polar surface area (TPSA) is 338 Å². The molecule has 2 saturated carbocycles. The maximum Gasteiger partial charge on any atom is 0.267 e. The van der Waals surface area contributed by atoms with E-state index >= 15 is 0 Å². The lowest BCUT2D eigenvalue weighted by atomic mass is 9.81. The monoisotopic (exact) mass is 1360 g/mol. The maximum atomic E-state index is 12.8. The van der Waals surface area contributed by atoms with E-state index in [0.29, 0.717) is 159 Å². The van der Waals surface area contributed by atoms with E-state index in [9.17, 15) is 47.9 Å². The minimum atomic E-state index is -0.293. The molecule has 538 valence electrons. The largest absolute Gasteiger partial charge is 0.379 e. The van der Waals surface area contributed by atoms with Gasteiger partial charge in [-0.15, -0.1) is 11.8 Å². The number of nitrogens with two attached hydrogens (primary N) is 2.